The maximum Gasteiger partial charge on any atom is 0.240 e. The molecule has 0 aliphatic heterocycles. The lowest BCUT2D eigenvalue weighted by Gasteiger charge is -2.28. The average Bonchev–Trinajstić information content (AvgIpc) is 2.86. The molecule has 8 heteroatoms. The van der Waals surface area contributed by atoms with Crippen LogP contribution in [0.15, 0.2) is 53.4 Å². The molecule has 0 spiro atoms. The monoisotopic (exact) mass is 523 g/mol. The van der Waals surface area contributed by atoms with Crippen LogP contribution < -0.4 is 15.4 Å². The SMILES string of the molecule is CC(C)Nc1nc(NC[C@H]2CC[C@H](CNS(=O)(=O)c3ccc(C(C)(C)C)cc3)CC2)nc2ccccc12. The van der Waals surface area contributed by atoms with Crippen molar-refractivity contribution in [2.75, 3.05) is 23.7 Å². The molecule has 0 saturated heterocycles. The number of sulfonamides is 1. The van der Waals surface area contributed by atoms with Gasteiger partial charge in [0, 0.05) is 24.5 Å². The molecule has 1 fully saturated rings. The van der Waals surface area contributed by atoms with Crippen LogP contribution in [0.3, 0.4) is 0 Å². The van der Waals surface area contributed by atoms with Crippen LogP contribution in [0.2, 0.25) is 0 Å². The van der Waals surface area contributed by atoms with E-state index in [-0.39, 0.29) is 11.5 Å². The number of aromatic nitrogens is 2. The topological polar surface area (TPSA) is 96.0 Å². The van der Waals surface area contributed by atoms with E-state index in [1.54, 1.807) is 12.1 Å². The van der Waals surface area contributed by atoms with Crippen LogP contribution in [0.5, 0.6) is 0 Å². The number of nitrogens with zero attached hydrogens (tertiary/aromatic N) is 2. The highest BCUT2D eigenvalue weighted by Gasteiger charge is 2.24. The van der Waals surface area contributed by atoms with Crippen LogP contribution in [0.1, 0.15) is 65.9 Å². The molecule has 37 heavy (non-hydrogen) atoms. The van der Waals surface area contributed by atoms with Gasteiger partial charge in [0.05, 0.1) is 10.4 Å². The van der Waals surface area contributed by atoms with E-state index in [0.29, 0.717) is 29.2 Å². The van der Waals surface area contributed by atoms with Crippen LogP contribution in [0.4, 0.5) is 11.8 Å². The van der Waals surface area contributed by atoms with E-state index >= 15 is 0 Å². The fraction of sp³-hybridized carbons (Fsp3) is 0.517. The van der Waals surface area contributed by atoms with Gasteiger partial charge in [-0.05, 0) is 86.6 Å². The van der Waals surface area contributed by atoms with Gasteiger partial charge in [-0.1, -0.05) is 45.0 Å². The van der Waals surface area contributed by atoms with Crippen molar-refractivity contribution < 1.29 is 8.42 Å². The molecule has 0 radical (unpaired) electrons. The molecule has 1 aliphatic carbocycles. The summed E-state index contributed by atoms with van der Waals surface area (Å²) in [6.07, 6.45) is 4.14. The molecule has 7 nitrogen and oxygen atoms in total. The average molecular weight is 524 g/mol. The van der Waals surface area contributed by atoms with Crippen molar-refractivity contribution in [2.24, 2.45) is 11.8 Å². The van der Waals surface area contributed by atoms with Gasteiger partial charge in [0.15, 0.2) is 0 Å². The maximum absolute atomic E-state index is 12.8. The summed E-state index contributed by atoms with van der Waals surface area (Å²) in [6, 6.07) is 15.6. The van der Waals surface area contributed by atoms with Gasteiger partial charge < -0.3 is 10.6 Å². The van der Waals surface area contributed by atoms with E-state index < -0.39 is 10.0 Å². The molecule has 1 aliphatic rings. The number of para-hydroxylation sites is 1. The minimum Gasteiger partial charge on any atom is -0.367 e. The molecule has 0 bridgehead atoms. The van der Waals surface area contributed by atoms with Crippen LogP contribution in [-0.2, 0) is 15.4 Å². The Morgan fingerprint density at radius 1 is 0.892 bits per heavy atom. The number of anilines is 2. The van der Waals surface area contributed by atoms with E-state index in [9.17, 15) is 8.42 Å². The number of nitrogens with one attached hydrogen (secondary N) is 3. The minimum absolute atomic E-state index is 0.00307. The van der Waals surface area contributed by atoms with E-state index in [1.165, 1.54) is 0 Å². The van der Waals surface area contributed by atoms with Crippen molar-refractivity contribution in [1.29, 1.82) is 0 Å². The first kappa shape index (κ1) is 27.3. The largest absolute Gasteiger partial charge is 0.367 e. The second-order valence-corrected chi connectivity index (χ2v) is 13.4. The lowest BCUT2D eigenvalue weighted by atomic mass is 9.82. The zero-order chi connectivity index (χ0) is 26.6. The normalized spacial score (nSPS) is 18.8. The Kier molecular flexibility index (Phi) is 8.39. The Morgan fingerprint density at radius 3 is 2.14 bits per heavy atom. The van der Waals surface area contributed by atoms with Crippen molar-refractivity contribution >= 4 is 32.7 Å². The molecule has 2 aromatic carbocycles. The molecule has 3 N–H and O–H groups in total. The van der Waals surface area contributed by atoms with Crippen LogP contribution in [-0.4, -0.2) is 37.5 Å². The molecular formula is C29H41N5O2S. The van der Waals surface area contributed by atoms with Gasteiger partial charge in [0.25, 0.3) is 0 Å². The summed E-state index contributed by atoms with van der Waals surface area (Å²) in [5.74, 6) is 2.38. The standard InChI is InChI=1S/C29H41N5O2S/c1-20(2)32-27-25-8-6-7-9-26(25)33-28(34-27)30-18-21-10-12-22(13-11-21)19-31-37(35,36)24-16-14-23(15-17-24)29(3,4)5/h6-9,14-17,20-22,31H,10-13,18-19H2,1-5H3,(H2,30,32,33,34)/t21-,22-. The Morgan fingerprint density at radius 2 is 1.51 bits per heavy atom. The maximum atomic E-state index is 12.8. The Bertz CT molecular complexity index is 1290. The van der Waals surface area contributed by atoms with E-state index in [2.05, 4.69) is 50.0 Å². The van der Waals surface area contributed by atoms with E-state index in [0.717, 1.165) is 54.5 Å². The molecule has 4 rings (SSSR count). The van der Waals surface area contributed by atoms with E-state index in [4.69, 9.17) is 9.97 Å². The predicted molar refractivity (Wildman–Crippen MR) is 153 cm³/mol. The zero-order valence-corrected chi connectivity index (χ0v) is 23.5. The van der Waals surface area contributed by atoms with Crippen molar-refractivity contribution in [3.63, 3.8) is 0 Å². The lowest BCUT2D eigenvalue weighted by molar-refractivity contribution is 0.284. The molecule has 1 aromatic heterocycles. The van der Waals surface area contributed by atoms with Crippen LogP contribution in [0, 0.1) is 11.8 Å². The highest BCUT2D eigenvalue weighted by atomic mass is 32.2. The Balaban J connectivity index is 1.27. The second kappa shape index (κ2) is 11.4. The molecule has 3 aromatic rings. The first-order valence-electron chi connectivity index (χ1n) is 13.4. The van der Waals surface area contributed by atoms with Crippen LogP contribution in [0.25, 0.3) is 10.9 Å². The quantitative estimate of drug-likeness (QED) is 0.321. The molecule has 1 saturated carbocycles. The van der Waals surface area contributed by atoms with Gasteiger partial charge in [-0.2, -0.15) is 4.98 Å². The number of hydrogen-bond donors (Lipinski definition) is 3. The third-order valence-electron chi connectivity index (χ3n) is 7.14. The van der Waals surface area contributed by atoms with Crippen molar-refractivity contribution in [2.45, 2.75) is 76.7 Å². The summed E-state index contributed by atoms with van der Waals surface area (Å²) in [5, 5.41) is 7.91. The fourth-order valence-corrected chi connectivity index (χ4v) is 5.98. The Hall–Kier alpha value is -2.71. The molecule has 200 valence electrons. The molecule has 0 amide bonds. The third-order valence-corrected chi connectivity index (χ3v) is 8.58. The van der Waals surface area contributed by atoms with Crippen LogP contribution >= 0.6 is 0 Å². The van der Waals surface area contributed by atoms with Gasteiger partial charge >= 0.3 is 0 Å². The second-order valence-electron chi connectivity index (χ2n) is 11.6. The third kappa shape index (κ3) is 7.20. The minimum atomic E-state index is -3.50. The summed E-state index contributed by atoms with van der Waals surface area (Å²) in [4.78, 5) is 9.78. The van der Waals surface area contributed by atoms with Gasteiger partial charge in [-0.25, -0.2) is 18.1 Å². The van der Waals surface area contributed by atoms with Gasteiger partial charge in [0.1, 0.15) is 5.82 Å². The van der Waals surface area contributed by atoms with Gasteiger partial charge in [-0.15, -0.1) is 0 Å². The highest BCUT2D eigenvalue weighted by molar-refractivity contribution is 7.89. The Labute approximate surface area is 221 Å². The predicted octanol–water partition coefficient (Wildman–Crippen LogP) is 5.94. The summed E-state index contributed by atoms with van der Waals surface area (Å²) < 4.78 is 28.5. The van der Waals surface area contributed by atoms with Gasteiger partial charge in [0.2, 0.25) is 16.0 Å². The summed E-state index contributed by atoms with van der Waals surface area (Å²) in [5.41, 5.74) is 2.05. The van der Waals surface area contributed by atoms with E-state index in [1.807, 2.05) is 36.4 Å². The summed E-state index contributed by atoms with van der Waals surface area (Å²) in [7, 11) is -3.50. The smallest absolute Gasteiger partial charge is 0.240 e. The lowest BCUT2D eigenvalue weighted by Crippen LogP contribution is -2.32. The van der Waals surface area contributed by atoms with Crippen molar-refractivity contribution in [3.8, 4) is 0 Å². The first-order valence-corrected chi connectivity index (χ1v) is 14.9. The number of benzene rings is 2. The summed E-state index contributed by atoms with van der Waals surface area (Å²) >= 11 is 0. The molecule has 1 heterocycles. The number of rotatable bonds is 9. The van der Waals surface area contributed by atoms with Crippen molar-refractivity contribution in [3.05, 3.63) is 54.1 Å². The first-order chi connectivity index (χ1) is 17.5. The van der Waals surface area contributed by atoms with Crippen molar-refractivity contribution in [1.82, 2.24) is 14.7 Å². The molecular weight excluding hydrogens is 482 g/mol. The zero-order valence-electron chi connectivity index (χ0n) is 22.7. The van der Waals surface area contributed by atoms with Gasteiger partial charge in [-0.3, -0.25) is 0 Å². The number of hydrogen-bond acceptors (Lipinski definition) is 6. The molecule has 0 atom stereocenters. The fourth-order valence-electron chi connectivity index (χ4n) is 4.86. The molecule has 0 unspecified atom stereocenters. The summed E-state index contributed by atoms with van der Waals surface area (Å²) in [6.45, 7) is 11.9. The number of fused-ring (bicyclic) bond motifs is 1. The highest BCUT2D eigenvalue weighted by Crippen LogP contribution is 2.30.